The van der Waals surface area contributed by atoms with Crippen LogP contribution in [0.2, 0.25) is 0 Å². The number of rotatable bonds is 2. The van der Waals surface area contributed by atoms with Crippen molar-refractivity contribution >= 4 is 23.3 Å². The Morgan fingerprint density at radius 1 is 1.32 bits per heavy atom. The van der Waals surface area contributed by atoms with Crippen LogP contribution in [0.1, 0.15) is 43.0 Å². The highest BCUT2D eigenvalue weighted by Gasteiger charge is 2.43. The van der Waals surface area contributed by atoms with Gasteiger partial charge in [-0.15, -0.1) is 0 Å². The topological polar surface area (TPSA) is 63.7 Å². The number of anilines is 1. The summed E-state index contributed by atoms with van der Waals surface area (Å²) in [5, 5.41) is 0. The summed E-state index contributed by atoms with van der Waals surface area (Å²) in [6.45, 7) is 2.01. The first-order valence-corrected chi connectivity index (χ1v) is 7.74. The maximum Gasteiger partial charge on any atom is 0.414 e. The second-order valence-electron chi connectivity index (χ2n) is 5.75. The van der Waals surface area contributed by atoms with E-state index in [4.69, 9.17) is 4.74 Å². The normalized spacial score (nSPS) is 24.3. The molecule has 1 aliphatic carbocycles. The SMILES string of the molecule is CCOC(=O)N1c2ccccc2C(=O)CC1C1CCCC1=O. The molecule has 2 atom stereocenters. The van der Waals surface area contributed by atoms with Crippen molar-refractivity contribution in [3.8, 4) is 0 Å². The van der Waals surface area contributed by atoms with Gasteiger partial charge in [-0.3, -0.25) is 14.5 Å². The quantitative estimate of drug-likeness (QED) is 0.842. The van der Waals surface area contributed by atoms with Gasteiger partial charge in [0.05, 0.1) is 18.3 Å². The first-order chi connectivity index (χ1) is 10.6. The number of ether oxygens (including phenoxy) is 1. The van der Waals surface area contributed by atoms with E-state index in [2.05, 4.69) is 0 Å². The summed E-state index contributed by atoms with van der Waals surface area (Å²) in [5.41, 5.74) is 1.08. The van der Waals surface area contributed by atoms with Gasteiger partial charge in [-0.1, -0.05) is 12.1 Å². The van der Waals surface area contributed by atoms with Gasteiger partial charge in [0.15, 0.2) is 5.78 Å². The number of benzene rings is 1. The lowest BCUT2D eigenvalue weighted by Gasteiger charge is -2.38. The number of carbonyl (C=O) groups is 3. The van der Waals surface area contributed by atoms with E-state index in [0.717, 1.165) is 12.8 Å². The first-order valence-electron chi connectivity index (χ1n) is 7.74. The molecule has 5 nitrogen and oxygen atoms in total. The first kappa shape index (κ1) is 14.8. The molecule has 1 saturated carbocycles. The maximum absolute atomic E-state index is 12.4. The third-order valence-corrected chi connectivity index (χ3v) is 4.47. The largest absolute Gasteiger partial charge is 0.449 e. The summed E-state index contributed by atoms with van der Waals surface area (Å²) in [6.07, 6.45) is 1.80. The average Bonchev–Trinajstić information content (AvgIpc) is 2.93. The zero-order chi connectivity index (χ0) is 15.7. The van der Waals surface area contributed by atoms with Gasteiger partial charge in [-0.05, 0) is 31.9 Å². The Balaban J connectivity index is 2.03. The maximum atomic E-state index is 12.4. The minimum Gasteiger partial charge on any atom is -0.449 e. The molecule has 0 aromatic heterocycles. The van der Waals surface area contributed by atoms with Gasteiger partial charge in [-0.2, -0.15) is 0 Å². The standard InChI is InChI=1S/C17H19NO4/c1-2-22-17(21)18-13-8-4-3-6-11(13)16(20)10-14(18)12-7-5-9-15(12)19/h3-4,6,8,12,14H,2,5,7,9-10H2,1H3. The molecular weight excluding hydrogens is 282 g/mol. The highest BCUT2D eigenvalue weighted by Crippen LogP contribution is 2.38. The monoisotopic (exact) mass is 301 g/mol. The zero-order valence-electron chi connectivity index (χ0n) is 12.6. The predicted molar refractivity (Wildman–Crippen MR) is 81.0 cm³/mol. The van der Waals surface area contributed by atoms with E-state index >= 15 is 0 Å². The van der Waals surface area contributed by atoms with Crippen LogP contribution in [-0.4, -0.2) is 30.3 Å². The zero-order valence-corrected chi connectivity index (χ0v) is 12.6. The highest BCUT2D eigenvalue weighted by atomic mass is 16.6. The fraction of sp³-hybridized carbons (Fsp3) is 0.471. The molecule has 0 radical (unpaired) electrons. The van der Waals surface area contributed by atoms with Crippen LogP contribution in [0.5, 0.6) is 0 Å². The van der Waals surface area contributed by atoms with Gasteiger partial charge in [-0.25, -0.2) is 4.79 Å². The van der Waals surface area contributed by atoms with E-state index < -0.39 is 12.1 Å². The van der Waals surface area contributed by atoms with Crippen LogP contribution < -0.4 is 4.90 Å². The van der Waals surface area contributed by atoms with E-state index in [1.807, 2.05) is 0 Å². The van der Waals surface area contributed by atoms with Crippen molar-refractivity contribution < 1.29 is 19.1 Å². The third kappa shape index (κ3) is 2.40. The summed E-state index contributed by atoms with van der Waals surface area (Å²) in [7, 11) is 0. The van der Waals surface area contributed by atoms with Crippen molar-refractivity contribution in [3.05, 3.63) is 29.8 Å². The van der Waals surface area contributed by atoms with E-state index in [-0.39, 0.29) is 30.5 Å². The highest BCUT2D eigenvalue weighted by molar-refractivity contribution is 6.09. The summed E-state index contributed by atoms with van der Waals surface area (Å²) >= 11 is 0. The Labute approximate surface area is 129 Å². The van der Waals surface area contributed by atoms with Gasteiger partial charge in [0, 0.05) is 24.3 Å². The van der Waals surface area contributed by atoms with Crippen LogP contribution in [0.25, 0.3) is 0 Å². The van der Waals surface area contributed by atoms with E-state index in [1.165, 1.54) is 4.90 Å². The Morgan fingerprint density at radius 2 is 2.09 bits per heavy atom. The molecule has 116 valence electrons. The number of amides is 1. The molecule has 1 heterocycles. The number of fused-ring (bicyclic) bond motifs is 1. The number of hydrogen-bond donors (Lipinski definition) is 0. The Morgan fingerprint density at radius 3 is 2.77 bits per heavy atom. The second-order valence-corrected chi connectivity index (χ2v) is 5.75. The Hall–Kier alpha value is -2.17. The second kappa shape index (κ2) is 5.91. The molecule has 5 heteroatoms. The average molecular weight is 301 g/mol. The summed E-state index contributed by atoms with van der Waals surface area (Å²) in [5.74, 6) is -0.131. The van der Waals surface area contributed by atoms with Gasteiger partial charge < -0.3 is 4.74 Å². The van der Waals surface area contributed by atoms with Gasteiger partial charge in [0.25, 0.3) is 0 Å². The fourth-order valence-electron chi connectivity index (χ4n) is 3.49. The summed E-state index contributed by atoms with van der Waals surface area (Å²) in [4.78, 5) is 38.5. The van der Waals surface area contributed by atoms with Crippen molar-refractivity contribution in [1.29, 1.82) is 0 Å². The van der Waals surface area contributed by atoms with Crippen LogP contribution in [0, 0.1) is 5.92 Å². The molecular formula is C17H19NO4. The third-order valence-electron chi connectivity index (χ3n) is 4.47. The van der Waals surface area contributed by atoms with E-state index in [1.54, 1.807) is 31.2 Å². The lowest BCUT2D eigenvalue weighted by atomic mass is 9.85. The molecule has 0 N–H and O–H groups in total. The number of ketones is 2. The smallest absolute Gasteiger partial charge is 0.414 e. The fourth-order valence-corrected chi connectivity index (χ4v) is 3.49. The van der Waals surface area contributed by atoms with Gasteiger partial charge in [0.2, 0.25) is 0 Å². The van der Waals surface area contributed by atoms with Gasteiger partial charge in [0.1, 0.15) is 5.78 Å². The molecule has 1 aromatic carbocycles. The number of hydrogen-bond acceptors (Lipinski definition) is 4. The molecule has 1 aromatic rings. The lowest BCUT2D eigenvalue weighted by molar-refractivity contribution is -0.121. The van der Waals surface area contributed by atoms with Crippen molar-refractivity contribution in [3.63, 3.8) is 0 Å². The lowest BCUT2D eigenvalue weighted by Crippen LogP contribution is -2.50. The molecule has 1 aliphatic heterocycles. The molecule has 1 fully saturated rings. The number of Topliss-reactive ketones (excluding diaryl/α,β-unsaturated/α-hetero) is 2. The van der Waals surface area contributed by atoms with E-state index in [9.17, 15) is 14.4 Å². The van der Waals surface area contributed by atoms with Crippen LogP contribution >= 0.6 is 0 Å². The molecule has 1 amide bonds. The van der Waals surface area contributed by atoms with Crippen LogP contribution in [0.3, 0.4) is 0 Å². The van der Waals surface area contributed by atoms with Crippen molar-refractivity contribution in [2.24, 2.45) is 5.92 Å². The minimum absolute atomic E-state index is 0.0131. The van der Waals surface area contributed by atoms with Crippen LogP contribution in [-0.2, 0) is 9.53 Å². The van der Waals surface area contributed by atoms with Crippen molar-refractivity contribution in [2.45, 2.75) is 38.6 Å². The van der Waals surface area contributed by atoms with E-state index in [0.29, 0.717) is 17.7 Å². The molecule has 2 unspecified atom stereocenters. The predicted octanol–water partition coefficient (Wildman–Crippen LogP) is 2.97. The molecule has 0 spiro atoms. The molecule has 0 bridgehead atoms. The van der Waals surface area contributed by atoms with Crippen molar-refractivity contribution in [1.82, 2.24) is 0 Å². The minimum atomic E-state index is -0.479. The Bertz CT molecular complexity index is 625. The number of nitrogens with zero attached hydrogens (tertiary/aromatic N) is 1. The van der Waals surface area contributed by atoms with Crippen LogP contribution in [0.4, 0.5) is 10.5 Å². The number of para-hydroxylation sites is 1. The summed E-state index contributed by atoms with van der Waals surface area (Å²) < 4.78 is 5.16. The molecule has 3 rings (SSSR count). The van der Waals surface area contributed by atoms with Crippen molar-refractivity contribution in [2.75, 3.05) is 11.5 Å². The number of carbonyl (C=O) groups excluding carboxylic acids is 3. The Kier molecular flexibility index (Phi) is 3.96. The van der Waals surface area contributed by atoms with Gasteiger partial charge >= 0.3 is 6.09 Å². The summed E-state index contributed by atoms with van der Waals surface area (Å²) in [6, 6.07) is 6.61. The van der Waals surface area contributed by atoms with Crippen LogP contribution in [0.15, 0.2) is 24.3 Å². The molecule has 22 heavy (non-hydrogen) atoms. The molecule has 2 aliphatic rings. The molecule has 0 saturated heterocycles.